The lowest BCUT2D eigenvalue weighted by atomic mass is 10.2. The van der Waals surface area contributed by atoms with E-state index in [1.807, 2.05) is 0 Å². The number of hydrogen-bond acceptors (Lipinski definition) is 4. The standard InChI is InChI=1S/C13H15BrIN3S/c1-8(2)6-16-7-12-17-18-13(19-12)10-5-9(15)3-4-11(10)14/h3-5,8,16H,6-7H2,1-2H3. The van der Waals surface area contributed by atoms with E-state index in [9.17, 15) is 0 Å². The summed E-state index contributed by atoms with van der Waals surface area (Å²) in [5.74, 6) is 0.650. The Hall–Kier alpha value is -0.0500. The van der Waals surface area contributed by atoms with Gasteiger partial charge in [-0.25, -0.2) is 0 Å². The van der Waals surface area contributed by atoms with Gasteiger partial charge in [-0.1, -0.05) is 41.1 Å². The Labute approximate surface area is 139 Å². The summed E-state index contributed by atoms with van der Waals surface area (Å²) >= 11 is 7.52. The van der Waals surface area contributed by atoms with Gasteiger partial charge in [-0.05, 0) is 53.3 Å². The molecule has 19 heavy (non-hydrogen) atoms. The van der Waals surface area contributed by atoms with Crippen molar-refractivity contribution in [3.05, 3.63) is 31.2 Å². The summed E-state index contributed by atoms with van der Waals surface area (Å²) in [6.07, 6.45) is 0. The monoisotopic (exact) mass is 451 g/mol. The first-order valence-corrected chi connectivity index (χ1v) is 8.73. The van der Waals surface area contributed by atoms with Crippen LogP contribution in [0.25, 0.3) is 10.6 Å². The van der Waals surface area contributed by atoms with Crippen LogP contribution in [0, 0.1) is 9.49 Å². The van der Waals surface area contributed by atoms with Crippen LogP contribution in [0.5, 0.6) is 0 Å². The summed E-state index contributed by atoms with van der Waals surface area (Å²) < 4.78 is 2.26. The maximum atomic E-state index is 4.28. The molecule has 2 aromatic rings. The quantitative estimate of drug-likeness (QED) is 0.688. The Bertz CT molecular complexity index is 557. The number of benzene rings is 1. The van der Waals surface area contributed by atoms with Crippen LogP contribution in [0.15, 0.2) is 22.7 Å². The van der Waals surface area contributed by atoms with Gasteiger partial charge in [-0.3, -0.25) is 0 Å². The topological polar surface area (TPSA) is 37.8 Å². The third kappa shape index (κ3) is 4.47. The smallest absolute Gasteiger partial charge is 0.149 e. The van der Waals surface area contributed by atoms with Crippen molar-refractivity contribution in [2.24, 2.45) is 5.92 Å². The van der Waals surface area contributed by atoms with Gasteiger partial charge >= 0.3 is 0 Å². The second-order valence-corrected chi connectivity index (χ2v) is 7.81. The van der Waals surface area contributed by atoms with Gasteiger partial charge in [0.2, 0.25) is 0 Å². The second-order valence-electron chi connectivity index (χ2n) is 4.65. The maximum Gasteiger partial charge on any atom is 0.149 e. The lowest BCUT2D eigenvalue weighted by Crippen LogP contribution is -2.18. The van der Waals surface area contributed by atoms with Crippen LogP contribution >= 0.6 is 49.9 Å². The predicted octanol–water partition coefficient (Wildman–Crippen LogP) is 4.32. The Kier molecular flexibility index (Phi) is 5.73. The molecular weight excluding hydrogens is 437 g/mol. The fourth-order valence-corrected chi connectivity index (χ4v) is 3.46. The highest BCUT2D eigenvalue weighted by atomic mass is 127. The summed E-state index contributed by atoms with van der Waals surface area (Å²) in [6.45, 7) is 6.18. The molecular formula is C13H15BrIN3S. The minimum Gasteiger partial charge on any atom is -0.310 e. The number of rotatable bonds is 5. The molecule has 0 saturated heterocycles. The van der Waals surface area contributed by atoms with Gasteiger partial charge in [0.25, 0.3) is 0 Å². The van der Waals surface area contributed by atoms with Crippen molar-refractivity contribution in [1.29, 1.82) is 0 Å². The lowest BCUT2D eigenvalue weighted by Gasteiger charge is -2.04. The zero-order valence-corrected chi connectivity index (χ0v) is 15.3. The van der Waals surface area contributed by atoms with Crippen molar-refractivity contribution in [3.8, 4) is 10.6 Å². The molecule has 0 aliphatic heterocycles. The highest BCUT2D eigenvalue weighted by Crippen LogP contribution is 2.31. The molecule has 0 unspecified atom stereocenters. The van der Waals surface area contributed by atoms with Crippen molar-refractivity contribution in [2.75, 3.05) is 6.54 Å². The first-order chi connectivity index (χ1) is 9.06. The van der Waals surface area contributed by atoms with Crippen LogP contribution < -0.4 is 5.32 Å². The van der Waals surface area contributed by atoms with E-state index < -0.39 is 0 Å². The van der Waals surface area contributed by atoms with E-state index in [0.717, 1.165) is 33.1 Å². The molecule has 0 radical (unpaired) electrons. The number of nitrogens with zero attached hydrogens (tertiary/aromatic N) is 2. The third-order valence-electron chi connectivity index (χ3n) is 2.45. The minimum absolute atomic E-state index is 0.650. The molecule has 0 spiro atoms. The molecule has 1 N–H and O–H groups in total. The van der Waals surface area contributed by atoms with Gasteiger partial charge in [0.1, 0.15) is 10.0 Å². The molecule has 0 fully saturated rings. The highest BCUT2D eigenvalue weighted by molar-refractivity contribution is 14.1. The lowest BCUT2D eigenvalue weighted by molar-refractivity contribution is 0.550. The fourth-order valence-electron chi connectivity index (χ4n) is 1.56. The second kappa shape index (κ2) is 7.10. The van der Waals surface area contributed by atoms with Crippen molar-refractivity contribution >= 4 is 49.9 Å². The number of halogens is 2. The van der Waals surface area contributed by atoms with E-state index in [1.165, 1.54) is 3.57 Å². The largest absolute Gasteiger partial charge is 0.310 e. The summed E-state index contributed by atoms with van der Waals surface area (Å²) in [7, 11) is 0. The van der Waals surface area contributed by atoms with Crippen LogP contribution in [-0.4, -0.2) is 16.7 Å². The van der Waals surface area contributed by atoms with Crippen LogP contribution in [0.4, 0.5) is 0 Å². The zero-order chi connectivity index (χ0) is 13.8. The molecule has 0 aliphatic rings. The van der Waals surface area contributed by atoms with Crippen LogP contribution in [0.1, 0.15) is 18.9 Å². The Morgan fingerprint density at radius 2 is 2.16 bits per heavy atom. The number of nitrogens with one attached hydrogen (secondary N) is 1. The van der Waals surface area contributed by atoms with E-state index in [1.54, 1.807) is 11.3 Å². The summed E-state index contributed by atoms with van der Waals surface area (Å²) in [4.78, 5) is 0. The van der Waals surface area contributed by atoms with Gasteiger partial charge in [-0.15, -0.1) is 10.2 Å². The summed E-state index contributed by atoms with van der Waals surface area (Å²) in [5.41, 5.74) is 1.11. The predicted molar refractivity (Wildman–Crippen MR) is 92.3 cm³/mol. The molecule has 0 atom stereocenters. The van der Waals surface area contributed by atoms with Gasteiger partial charge in [0.05, 0.1) is 0 Å². The SMILES string of the molecule is CC(C)CNCc1nnc(-c2cc(I)ccc2Br)s1. The average Bonchev–Trinajstić information content (AvgIpc) is 2.80. The molecule has 0 aliphatic carbocycles. The van der Waals surface area contributed by atoms with Crippen LogP contribution in [0.2, 0.25) is 0 Å². The van der Waals surface area contributed by atoms with E-state index in [2.05, 4.69) is 86.1 Å². The van der Waals surface area contributed by atoms with Crippen molar-refractivity contribution in [2.45, 2.75) is 20.4 Å². The van der Waals surface area contributed by atoms with Gasteiger partial charge in [0, 0.05) is 20.2 Å². The van der Waals surface area contributed by atoms with Gasteiger partial charge in [0.15, 0.2) is 0 Å². The van der Waals surface area contributed by atoms with Crippen LogP contribution in [0.3, 0.4) is 0 Å². The van der Waals surface area contributed by atoms with Crippen molar-refractivity contribution < 1.29 is 0 Å². The first kappa shape index (κ1) is 15.3. The first-order valence-electron chi connectivity index (χ1n) is 6.05. The minimum atomic E-state index is 0.650. The van der Waals surface area contributed by atoms with E-state index in [-0.39, 0.29) is 0 Å². The van der Waals surface area contributed by atoms with Crippen LogP contribution in [-0.2, 0) is 6.54 Å². The molecule has 1 aromatic heterocycles. The van der Waals surface area contributed by atoms with E-state index in [4.69, 9.17) is 0 Å². The zero-order valence-electron chi connectivity index (χ0n) is 10.8. The van der Waals surface area contributed by atoms with Gasteiger partial charge < -0.3 is 5.32 Å². The third-order valence-corrected chi connectivity index (χ3v) is 4.77. The molecule has 3 nitrogen and oxygen atoms in total. The number of aromatic nitrogens is 2. The molecule has 1 aromatic carbocycles. The molecule has 2 rings (SSSR count). The van der Waals surface area contributed by atoms with E-state index in [0.29, 0.717) is 5.92 Å². The number of hydrogen-bond donors (Lipinski definition) is 1. The Morgan fingerprint density at radius 1 is 1.37 bits per heavy atom. The molecule has 1 heterocycles. The average molecular weight is 452 g/mol. The molecule has 0 saturated carbocycles. The molecule has 6 heteroatoms. The molecule has 0 bridgehead atoms. The van der Waals surface area contributed by atoms with Crippen molar-refractivity contribution in [1.82, 2.24) is 15.5 Å². The van der Waals surface area contributed by atoms with Gasteiger partial charge in [-0.2, -0.15) is 0 Å². The Balaban J connectivity index is 2.10. The van der Waals surface area contributed by atoms with E-state index >= 15 is 0 Å². The van der Waals surface area contributed by atoms with Crippen molar-refractivity contribution in [3.63, 3.8) is 0 Å². The molecule has 102 valence electrons. The molecule has 0 amide bonds. The summed E-state index contributed by atoms with van der Waals surface area (Å²) in [6, 6.07) is 6.24. The highest BCUT2D eigenvalue weighted by Gasteiger charge is 2.10. The fraction of sp³-hybridized carbons (Fsp3) is 0.385. The Morgan fingerprint density at radius 3 is 2.89 bits per heavy atom. The summed E-state index contributed by atoms with van der Waals surface area (Å²) in [5, 5.41) is 13.9. The maximum absolute atomic E-state index is 4.28. The normalized spacial score (nSPS) is 11.2.